The second-order valence-electron chi connectivity index (χ2n) is 5.78. The van der Waals surface area contributed by atoms with Gasteiger partial charge in [-0.3, -0.25) is 9.48 Å². The van der Waals surface area contributed by atoms with E-state index in [9.17, 15) is 22.4 Å². The molecule has 0 fully saturated rings. The maximum Gasteiger partial charge on any atom is 0.417 e. The molecule has 0 saturated carbocycles. The van der Waals surface area contributed by atoms with Gasteiger partial charge in [0.25, 0.3) is 5.91 Å². The number of amides is 1. The molecule has 0 bridgehead atoms. The van der Waals surface area contributed by atoms with Crippen LogP contribution < -0.4 is 5.32 Å². The molecule has 0 atom stereocenters. The predicted octanol–water partition coefficient (Wildman–Crippen LogP) is 5.80. The minimum absolute atomic E-state index is 0.172. The van der Waals surface area contributed by atoms with Crippen molar-refractivity contribution in [2.45, 2.75) is 6.18 Å². The van der Waals surface area contributed by atoms with E-state index < -0.39 is 29.0 Å². The predicted molar refractivity (Wildman–Crippen MR) is 98.0 cm³/mol. The third-order valence-electron chi connectivity index (χ3n) is 3.87. The first-order chi connectivity index (χ1) is 13.1. The quantitative estimate of drug-likeness (QED) is 0.532. The molecule has 3 rings (SSSR count). The van der Waals surface area contributed by atoms with Gasteiger partial charge in [0.15, 0.2) is 5.69 Å². The molecule has 0 aliphatic carbocycles. The Labute approximate surface area is 166 Å². The number of benzene rings is 2. The van der Waals surface area contributed by atoms with E-state index >= 15 is 0 Å². The fraction of sp³-hybridized carbons (Fsp3) is 0.111. The van der Waals surface area contributed by atoms with Gasteiger partial charge >= 0.3 is 6.18 Å². The molecule has 1 heterocycles. The Morgan fingerprint density at radius 1 is 1.14 bits per heavy atom. The van der Waals surface area contributed by atoms with E-state index in [1.165, 1.54) is 25.2 Å². The molecule has 146 valence electrons. The number of carbonyl (C=O) groups excluding carboxylic acids is 1. The minimum Gasteiger partial charge on any atom is -0.319 e. The lowest BCUT2D eigenvalue weighted by molar-refractivity contribution is -0.137. The van der Waals surface area contributed by atoms with Crippen molar-refractivity contribution in [3.05, 3.63) is 69.6 Å². The number of hydrogen-bond donors (Lipinski definition) is 1. The number of alkyl halides is 3. The molecule has 1 amide bonds. The number of aromatic nitrogens is 2. The van der Waals surface area contributed by atoms with Gasteiger partial charge in [-0.25, -0.2) is 4.39 Å². The highest BCUT2D eigenvalue weighted by Gasteiger charge is 2.36. The number of aryl methyl sites for hydroxylation is 1. The van der Waals surface area contributed by atoms with Crippen LogP contribution in [-0.4, -0.2) is 15.7 Å². The number of rotatable bonds is 3. The summed E-state index contributed by atoms with van der Waals surface area (Å²) in [5.74, 6) is -1.80. The molecule has 3 aromatic rings. The molecule has 2 aromatic carbocycles. The highest BCUT2D eigenvalue weighted by Crippen LogP contribution is 2.38. The number of halogens is 6. The van der Waals surface area contributed by atoms with Gasteiger partial charge < -0.3 is 5.32 Å². The fourth-order valence-electron chi connectivity index (χ4n) is 2.61. The lowest BCUT2D eigenvalue weighted by Gasteiger charge is -2.13. The zero-order chi connectivity index (χ0) is 20.6. The Morgan fingerprint density at radius 2 is 1.86 bits per heavy atom. The lowest BCUT2D eigenvalue weighted by Crippen LogP contribution is -2.13. The van der Waals surface area contributed by atoms with Gasteiger partial charge in [-0.1, -0.05) is 29.3 Å². The molecular formula is C18H11Cl2F4N3O. The van der Waals surface area contributed by atoms with E-state index in [1.807, 2.05) is 0 Å². The van der Waals surface area contributed by atoms with Gasteiger partial charge in [-0.15, -0.1) is 0 Å². The summed E-state index contributed by atoms with van der Waals surface area (Å²) in [6.45, 7) is 0. The normalized spacial score (nSPS) is 11.5. The van der Waals surface area contributed by atoms with Crippen molar-refractivity contribution in [3.63, 3.8) is 0 Å². The monoisotopic (exact) mass is 431 g/mol. The van der Waals surface area contributed by atoms with E-state index in [0.717, 1.165) is 28.9 Å². The summed E-state index contributed by atoms with van der Waals surface area (Å²) < 4.78 is 55.1. The second-order valence-corrected chi connectivity index (χ2v) is 6.62. The molecular weight excluding hydrogens is 421 g/mol. The average molecular weight is 432 g/mol. The molecule has 4 nitrogen and oxygen atoms in total. The van der Waals surface area contributed by atoms with E-state index in [4.69, 9.17) is 23.2 Å². The van der Waals surface area contributed by atoms with Crippen LogP contribution in [0.3, 0.4) is 0 Å². The van der Waals surface area contributed by atoms with Crippen LogP contribution in [0.15, 0.2) is 42.5 Å². The van der Waals surface area contributed by atoms with Crippen molar-refractivity contribution in [1.29, 1.82) is 0 Å². The summed E-state index contributed by atoms with van der Waals surface area (Å²) >= 11 is 11.8. The molecule has 0 spiro atoms. The van der Waals surface area contributed by atoms with Crippen LogP contribution in [0.5, 0.6) is 0 Å². The van der Waals surface area contributed by atoms with Gasteiger partial charge in [0.1, 0.15) is 5.82 Å². The van der Waals surface area contributed by atoms with Crippen LogP contribution in [0.4, 0.5) is 23.2 Å². The standard InChI is InChI=1S/C18H11Cl2F4N3O/c1-27-15(16-10(18(22,23)24)3-2-4-12(16)21)8-14(26-27)17(28)25-13-6-5-9(19)7-11(13)20/h2-8H,1H3,(H,25,28). The van der Waals surface area contributed by atoms with Crippen LogP contribution in [0.1, 0.15) is 16.1 Å². The van der Waals surface area contributed by atoms with Gasteiger partial charge in [0.05, 0.1) is 22.0 Å². The van der Waals surface area contributed by atoms with Crippen LogP contribution in [0.2, 0.25) is 10.0 Å². The minimum atomic E-state index is -4.78. The van der Waals surface area contributed by atoms with E-state index in [2.05, 4.69) is 10.4 Å². The van der Waals surface area contributed by atoms with Crippen molar-refractivity contribution in [3.8, 4) is 11.3 Å². The Balaban J connectivity index is 2.00. The van der Waals surface area contributed by atoms with E-state index in [-0.39, 0.29) is 22.1 Å². The molecule has 0 aliphatic heterocycles. The molecule has 28 heavy (non-hydrogen) atoms. The van der Waals surface area contributed by atoms with Crippen molar-refractivity contribution >= 4 is 34.8 Å². The van der Waals surface area contributed by atoms with Crippen molar-refractivity contribution in [2.24, 2.45) is 7.05 Å². The molecule has 0 aliphatic rings. The third kappa shape index (κ3) is 3.98. The number of nitrogens with zero attached hydrogens (tertiary/aromatic N) is 2. The SMILES string of the molecule is Cn1nc(C(=O)Nc2ccc(Cl)cc2Cl)cc1-c1c(F)cccc1C(F)(F)F. The fourth-order valence-corrected chi connectivity index (χ4v) is 3.07. The summed E-state index contributed by atoms with van der Waals surface area (Å²) in [5, 5.41) is 6.91. The van der Waals surface area contributed by atoms with Crippen molar-refractivity contribution < 1.29 is 22.4 Å². The van der Waals surface area contributed by atoms with Gasteiger partial charge in [0, 0.05) is 17.6 Å². The largest absolute Gasteiger partial charge is 0.417 e. The molecule has 0 unspecified atom stereocenters. The third-order valence-corrected chi connectivity index (χ3v) is 4.41. The first-order valence-electron chi connectivity index (χ1n) is 7.74. The van der Waals surface area contributed by atoms with Gasteiger partial charge in [-0.2, -0.15) is 18.3 Å². The summed E-state index contributed by atoms with van der Waals surface area (Å²) in [4.78, 5) is 12.4. The smallest absolute Gasteiger partial charge is 0.319 e. The van der Waals surface area contributed by atoms with Crippen LogP contribution in [0, 0.1) is 5.82 Å². The Hall–Kier alpha value is -2.58. The van der Waals surface area contributed by atoms with Gasteiger partial charge in [0.2, 0.25) is 0 Å². The summed E-state index contributed by atoms with van der Waals surface area (Å²) in [6, 6.07) is 8.09. The van der Waals surface area contributed by atoms with Crippen LogP contribution in [0.25, 0.3) is 11.3 Å². The topological polar surface area (TPSA) is 46.9 Å². The van der Waals surface area contributed by atoms with Crippen LogP contribution in [-0.2, 0) is 13.2 Å². The summed E-state index contributed by atoms with van der Waals surface area (Å²) in [7, 11) is 1.31. The first kappa shape index (κ1) is 20.2. The number of hydrogen-bond acceptors (Lipinski definition) is 2. The maximum atomic E-state index is 14.2. The Bertz CT molecular complexity index is 1060. The highest BCUT2D eigenvalue weighted by molar-refractivity contribution is 6.36. The molecule has 1 aromatic heterocycles. The highest BCUT2D eigenvalue weighted by atomic mass is 35.5. The van der Waals surface area contributed by atoms with E-state index in [0.29, 0.717) is 5.02 Å². The molecule has 0 radical (unpaired) electrons. The Morgan fingerprint density at radius 3 is 2.50 bits per heavy atom. The van der Waals surface area contributed by atoms with Crippen LogP contribution >= 0.6 is 23.2 Å². The van der Waals surface area contributed by atoms with Crippen molar-refractivity contribution in [2.75, 3.05) is 5.32 Å². The molecule has 10 heteroatoms. The maximum absolute atomic E-state index is 14.2. The number of nitrogens with one attached hydrogen (secondary N) is 1. The number of carbonyl (C=O) groups is 1. The zero-order valence-corrected chi connectivity index (χ0v) is 15.6. The first-order valence-corrected chi connectivity index (χ1v) is 8.50. The molecule has 1 N–H and O–H groups in total. The average Bonchev–Trinajstić information content (AvgIpc) is 2.98. The molecule has 0 saturated heterocycles. The zero-order valence-electron chi connectivity index (χ0n) is 14.1. The second kappa shape index (κ2) is 7.44. The van der Waals surface area contributed by atoms with Crippen molar-refractivity contribution in [1.82, 2.24) is 9.78 Å². The Kier molecular flexibility index (Phi) is 5.36. The van der Waals surface area contributed by atoms with Gasteiger partial charge in [-0.05, 0) is 36.4 Å². The summed E-state index contributed by atoms with van der Waals surface area (Å²) in [6.07, 6.45) is -4.78. The van der Waals surface area contributed by atoms with E-state index in [1.54, 1.807) is 0 Å². The summed E-state index contributed by atoms with van der Waals surface area (Å²) in [5.41, 5.74) is -2.01. The number of anilines is 1. The lowest BCUT2D eigenvalue weighted by atomic mass is 10.0.